The molecule has 0 amide bonds. The highest BCUT2D eigenvalue weighted by Crippen LogP contribution is 2.32. The Morgan fingerprint density at radius 1 is 1.32 bits per heavy atom. The van der Waals surface area contributed by atoms with Crippen LogP contribution in [-0.2, 0) is 0 Å². The largest absolute Gasteiger partial charge is 0.369 e. The highest BCUT2D eigenvalue weighted by molar-refractivity contribution is 6.10. The van der Waals surface area contributed by atoms with Crippen LogP contribution in [0.15, 0.2) is 30.7 Å². The van der Waals surface area contributed by atoms with Crippen LogP contribution in [0.2, 0.25) is 0 Å². The average Bonchev–Trinajstić information content (AvgIpc) is 3.06. The fourth-order valence-electron chi connectivity index (χ4n) is 2.91. The molecule has 0 spiro atoms. The monoisotopic (exact) mass is 253 g/mol. The molecule has 3 aromatic rings. The maximum absolute atomic E-state index is 6.03. The van der Waals surface area contributed by atoms with Crippen molar-refractivity contribution in [2.24, 2.45) is 5.73 Å². The summed E-state index contributed by atoms with van der Waals surface area (Å²) in [5.41, 5.74) is 9.09. The van der Waals surface area contributed by atoms with Crippen LogP contribution in [0.5, 0.6) is 0 Å². The highest BCUT2D eigenvalue weighted by atomic mass is 15.2. The van der Waals surface area contributed by atoms with Crippen molar-refractivity contribution in [1.29, 1.82) is 0 Å². The lowest BCUT2D eigenvalue weighted by atomic mass is 10.1. The molecule has 0 radical (unpaired) electrons. The smallest absolute Gasteiger partial charge is 0.159 e. The van der Waals surface area contributed by atoms with Gasteiger partial charge < -0.3 is 15.6 Å². The van der Waals surface area contributed by atoms with E-state index in [0.29, 0.717) is 0 Å². The van der Waals surface area contributed by atoms with Crippen LogP contribution in [0.1, 0.15) is 6.42 Å². The lowest BCUT2D eigenvalue weighted by molar-refractivity contribution is 0.752. The predicted molar refractivity (Wildman–Crippen MR) is 76.2 cm³/mol. The molecule has 1 unspecified atom stereocenters. The van der Waals surface area contributed by atoms with Crippen molar-refractivity contribution in [3.63, 3.8) is 0 Å². The molecule has 4 heterocycles. The molecule has 0 aromatic carbocycles. The molecule has 1 aliphatic heterocycles. The van der Waals surface area contributed by atoms with Gasteiger partial charge in [0.1, 0.15) is 0 Å². The second-order valence-electron chi connectivity index (χ2n) is 5.09. The second kappa shape index (κ2) is 3.93. The number of nitrogens with two attached hydrogens (primary N) is 1. The lowest BCUT2D eigenvalue weighted by Crippen LogP contribution is -2.26. The molecule has 3 N–H and O–H groups in total. The summed E-state index contributed by atoms with van der Waals surface area (Å²) in [7, 11) is 0. The zero-order valence-electron chi connectivity index (χ0n) is 10.5. The Bertz CT molecular complexity index is 748. The molecule has 0 aliphatic carbocycles. The Morgan fingerprint density at radius 3 is 3.11 bits per heavy atom. The van der Waals surface area contributed by atoms with Crippen LogP contribution < -0.4 is 10.6 Å². The average molecular weight is 253 g/mol. The van der Waals surface area contributed by atoms with Gasteiger partial charge in [-0.05, 0) is 18.6 Å². The minimum absolute atomic E-state index is 0.273. The predicted octanol–water partition coefficient (Wildman–Crippen LogP) is 1.65. The number of nitrogens with one attached hydrogen (secondary N) is 1. The number of fused-ring (bicyclic) bond motifs is 3. The zero-order valence-corrected chi connectivity index (χ0v) is 10.5. The van der Waals surface area contributed by atoms with E-state index in [-0.39, 0.29) is 6.04 Å². The molecular formula is C14H15N5. The van der Waals surface area contributed by atoms with Crippen LogP contribution in [0.25, 0.3) is 21.9 Å². The molecule has 5 heteroatoms. The van der Waals surface area contributed by atoms with Gasteiger partial charge in [0, 0.05) is 48.0 Å². The molecule has 0 saturated carbocycles. The summed E-state index contributed by atoms with van der Waals surface area (Å²) in [6.45, 7) is 1.93. The maximum atomic E-state index is 6.03. The first-order valence-electron chi connectivity index (χ1n) is 6.54. The van der Waals surface area contributed by atoms with Crippen LogP contribution in [0, 0.1) is 0 Å². The number of nitrogens with zero attached hydrogens (tertiary/aromatic N) is 3. The van der Waals surface area contributed by atoms with Gasteiger partial charge in [-0.1, -0.05) is 0 Å². The van der Waals surface area contributed by atoms with Crippen molar-refractivity contribution >= 4 is 27.6 Å². The van der Waals surface area contributed by atoms with Gasteiger partial charge in [-0.2, -0.15) is 0 Å². The Labute approximate surface area is 110 Å². The third-order valence-electron chi connectivity index (χ3n) is 3.84. The van der Waals surface area contributed by atoms with E-state index in [1.54, 1.807) is 0 Å². The molecule has 1 saturated heterocycles. The molecule has 96 valence electrons. The Hall–Kier alpha value is -2.14. The number of hydrogen-bond donors (Lipinski definition) is 2. The number of pyridine rings is 2. The molecule has 19 heavy (non-hydrogen) atoms. The summed E-state index contributed by atoms with van der Waals surface area (Å²) in [5.74, 6) is 0. The third-order valence-corrected chi connectivity index (χ3v) is 3.84. The first kappa shape index (κ1) is 10.8. The SMILES string of the molecule is NC1CCN(c2cc[nH]c3cnc4nccc4c23)C1. The van der Waals surface area contributed by atoms with Crippen LogP contribution in [0.3, 0.4) is 0 Å². The van der Waals surface area contributed by atoms with Crippen LogP contribution >= 0.6 is 0 Å². The fraction of sp³-hybridized carbons (Fsp3) is 0.286. The lowest BCUT2D eigenvalue weighted by Gasteiger charge is -2.20. The normalized spacial score (nSPS) is 19.6. The Morgan fingerprint density at radius 2 is 2.26 bits per heavy atom. The van der Waals surface area contributed by atoms with E-state index in [9.17, 15) is 0 Å². The van der Waals surface area contributed by atoms with E-state index in [4.69, 9.17) is 5.73 Å². The molecule has 0 bridgehead atoms. The third kappa shape index (κ3) is 1.58. The van der Waals surface area contributed by atoms with Gasteiger partial charge in [-0.15, -0.1) is 0 Å². The van der Waals surface area contributed by atoms with Gasteiger partial charge in [0.05, 0.1) is 11.7 Å². The van der Waals surface area contributed by atoms with Gasteiger partial charge in [-0.25, -0.2) is 9.97 Å². The van der Waals surface area contributed by atoms with E-state index in [1.165, 1.54) is 11.1 Å². The molecule has 3 aromatic heterocycles. The fourth-order valence-corrected chi connectivity index (χ4v) is 2.91. The van der Waals surface area contributed by atoms with E-state index < -0.39 is 0 Å². The number of aromatic nitrogens is 3. The van der Waals surface area contributed by atoms with Crippen LogP contribution in [-0.4, -0.2) is 34.1 Å². The molecule has 1 atom stereocenters. The van der Waals surface area contributed by atoms with Crippen molar-refractivity contribution in [1.82, 2.24) is 15.0 Å². The summed E-state index contributed by atoms with van der Waals surface area (Å²) < 4.78 is 0. The van der Waals surface area contributed by atoms with Gasteiger partial charge in [0.2, 0.25) is 0 Å². The standard InChI is InChI=1S/C14H15N5/c15-9-3-6-19(8-9)12-2-5-16-11-7-18-14-10(13(11)12)1-4-17-14/h1-2,4-5,7,9,16H,3,6,8,15H2. The maximum Gasteiger partial charge on any atom is 0.159 e. The van der Waals surface area contributed by atoms with Crippen LogP contribution in [0.4, 0.5) is 5.69 Å². The molecule has 5 nitrogen and oxygen atoms in total. The number of H-pyrrole nitrogens is 1. The van der Waals surface area contributed by atoms with Gasteiger partial charge in [0.25, 0.3) is 0 Å². The van der Waals surface area contributed by atoms with Crippen molar-refractivity contribution in [3.05, 3.63) is 30.7 Å². The van der Waals surface area contributed by atoms with E-state index in [1.807, 2.05) is 24.7 Å². The van der Waals surface area contributed by atoms with Crippen molar-refractivity contribution in [2.75, 3.05) is 18.0 Å². The Kier molecular flexibility index (Phi) is 2.22. The van der Waals surface area contributed by atoms with Gasteiger partial charge in [0.15, 0.2) is 5.65 Å². The minimum Gasteiger partial charge on any atom is -0.369 e. The quantitative estimate of drug-likeness (QED) is 0.691. The molecule has 4 rings (SSSR count). The number of aromatic amines is 1. The first-order valence-corrected chi connectivity index (χ1v) is 6.54. The summed E-state index contributed by atoms with van der Waals surface area (Å²) in [6.07, 6.45) is 6.67. The van der Waals surface area contributed by atoms with Crippen molar-refractivity contribution in [2.45, 2.75) is 12.5 Å². The number of hydrogen-bond acceptors (Lipinski definition) is 4. The number of anilines is 1. The minimum atomic E-state index is 0.273. The second-order valence-corrected chi connectivity index (χ2v) is 5.09. The summed E-state index contributed by atoms with van der Waals surface area (Å²) in [4.78, 5) is 14.3. The van der Waals surface area contributed by atoms with Crippen molar-refractivity contribution in [3.8, 4) is 0 Å². The summed E-state index contributed by atoms with van der Waals surface area (Å²) in [5, 5.41) is 2.30. The summed E-state index contributed by atoms with van der Waals surface area (Å²) >= 11 is 0. The highest BCUT2D eigenvalue weighted by Gasteiger charge is 2.21. The van der Waals surface area contributed by atoms with E-state index in [0.717, 1.165) is 36.1 Å². The van der Waals surface area contributed by atoms with Gasteiger partial charge in [-0.3, -0.25) is 0 Å². The van der Waals surface area contributed by atoms with E-state index in [2.05, 4.69) is 25.9 Å². The molecule has 1 fully saturated rings. The summed E-state index contributed by atoms with van der Waals surface area (Å²) in [6, 6.07) is 4.42. The van der Waals surface area contributed by atoms with Gasteiger partial charge >= 0.3 is 0 Å². The van der Waals surface area contributed by atoms with Crippen molar-refractivity contribution < 1.29 is 0 Å². The topological polar surface area (TPSA) is 70.8 Å². The number of rotatable bonds is 1. The molecular weight excluding hydrogens is 238 g/mol. The zero-order chi connectivity index (χ0) is 12.8. The van der Waals surface area contributed by atoms with E-state index >= 15 is 0 Å². The molecule has 1 aliphatic rings. The Balaban J connectivity index is 2.01. The first-order chi connectivity index (χ1) is 9.33.